The van der Waals surface area contributed by atoms with Crippen molar-refractivity contribution < 1.29 is 24.0 Å². The molecule has 36 heavy (non-hydrogen) atoms. The summed E-state index contributed by atoms with van der Waals surface area (Å²) >= 11 is 12.2. The zero-order valence-electron chi connectivity index (χ0n) is 18.7. The number of carbonyl (C=O) groups excluding carboxylic acids is 3. The number of imide groups is 2. The molecule has 1 aliphatic rings. The Hall–Kier alpha value is -4.21. The maximum absolute atomic E-state index is 13.3. The summed E-state index contributed by atoms with van der Waals surface area (Å²) in [6, 6.07) is 14.3. The van der Waals surface area contributed by atoms with Crippen molar-refractivity contribution in [3.63, 3.8) is 0 Å². The quantitative estimate of drug-likeness (QED) is 0.197. The lowest BCUT2D eigenvalue weighted by Gasteiger charge is -2.27. The SMILES string of the molecule is Cc1ccc(Cl)cc1N1C(=O)NC(=O)/C(=C\c2cc(Cl)ccc2OCc2ccc([N+](=O)[O-])cc2)C1=O. The van der Waals surface area contributed by atoms with Gasteiger partial charge in [-0.25, -0.2) is 9.69 Å². The van der Waals surface area contributed by atoms with Gasteiger partial charge in [-0.2, -0.15) is 0 Å². The van der Waals surface area contributed by atoms with Crippen LogP contribution in [0.2, 0.25) is 10.0 Å². The van der Waals surface area contributed by atoms with Gasteiger partial charge in [-0.1, -0.05) is 29.3 Å². The number of hydrogen-bond donors (Lipinski definition) is 1. The normalized spacial score (nSPS) is 14.7. The van der Waals surface area contributed by atoms with Gasteiger partial charge in [-0.05, 0) is 66.6 Å². The molecule has 1 aliphatic heterocycles. The molecular formula is C25H17Cl2N3O6. The van der Waals surface area contributed by atoms with Crippen LogP contribution in [-0.2, 0) is 16.2 Å². The van der Waals surface area contributed by atoms with Gasteiger partial charge in [0.05, 0.1) is 10.6 Å². The van der Waals surface area contributed by atoms with Gasteiger partial charge in [0.15, 0.2) is 0 Å². The van der Waals surface area contributed by atoms with Crippen molar-refractivity contribution in [2.45, 2.75) is 13.5 Å². The average molecular weight is 526 g/mol. The minimum atomic E-state index is -0.895. The zero-order chi connectivity index (χ0) is 26.0. The Bertz CT molecular complexity index is 1440. The third kappa shape index (κ3) is 5.22. The van der Waals surface area contributed by atoms with Crippen LogP contribution in [0, 0.1) is 17.0 Å². The number of non-ortho nitro benzene ring substituents is 1. The fraction of sp³-hybridized carbons (Fsp3) is 0.0800. The van der Waals surface area contributed by atoms with Crippen molar-refractivity contribution in [2.75, 3.05) is 4.90 Å². The Morgan fingerprint density at radius 2 is 1.67 bits per heavy atom. The highest BCUT2D eigenvalue weighted by molar-refractivity contribution is 6.40. The molecular weight excluding hydrogens is 509 g/mol. The number of carbonyl (C=O) groups is 3. The molecule has 1 saturated heterocycles. The van der Waals surface area contributed by atoms with E-state index in [2.05, 4.69) is 5.32 Å². The van der Waals surface area contributed by atoms with Crippen molar-refractivity contribution >= 4 is 58.5 Å². The first-order valence-corrected chi connectivity index (χ1v) is 11.2. The summed E-state index contributed by atoms with van der Waals surface area (Å²) in [7, 11) is 0. The van der Waals surface area contributed by atoms with Gasteiger partial charge < -0.3 is 4.74 Å². The highest BCUT2D eigenvalue weighted by Crippen LogP contribution is 2.30. The molecule has 0 aromatic heterocycles. The minimum absolute atomic E-state index is 0.0495. The summed E-state index contributed by atoms with van der Waals surface area (Å²) in [5.41, 5.74) is 1.47. The second-order valence-electron chi connectivity index (χ2n) is 7.78. The third-order valence-electron chi connectivity index (χ3n) is 5.33. The van der Waals surface area contributed by atoms with Crippen LogP contribution in [0.5, 0.6) is 5.75 Å². The van der Waals surface area contributed by atoms with E-state index in [0.717, 1.165) is 4.90 Å². The number of nitro benzene ring substituents is 1. The van der Waals surface area contributed by atoms with Crippen molar-refractivity contribution in [1.29, 1.82) is 0 Å². The number of anilines is 1. The number of aryl methyl sites for hydroxylation is 1. The Labute approximate surface area is 215 Å². The molecule has 0 atom stereocenters. The van der Waals surface area contributed by atoms with Crippen LogP contribution < -0.4 is 15.0 Å². The lowest BCUT2D eigenvalue weighted by Crippen LogP contribution is -2.54. The monoisotopic (exact) mass is 525 g/mol. The predicted octanol–water partition coefficient (Wildman–Crippen LogP) is 5.46. The molecule has 0 bridgehead atoms. The molecule has 4 amide bonds. The van der Waals surface area contributed by atoms with Gasteiger partial charge in [-0.3, -0.25) is 25.0 Å². The van der Waals surface area contributed by atoms with Gasteiger partial charge in [0.25, 0.3) is 17.5 Å². The summed E-state index contributed by atoms with van der Waals surface area (Å²) in [5.74, 6) is -1.41. The van der Waals surface area contributed by atoms with E-state index >= 15 is 0 Å². The number of amides is 4. The lowest BCUT2D eigenvalue weighted by atomic mass is 10.0. The summed E-state index contributed by atoms with van der Waals surface area (Å²) in [6.45, 7) is 1.76. The lowest BCUT2D eigenvalue weighted by molar-refractivity contribution is -0.384. The first kappa shape index (κ1) is 24.9. The molecule has 3 aromatic rings. The molecule has 11 heteroatoms. The molecule has 1 heterocycles. The second-order valence-corrected chi connectivity index (χ2v) is 8.66. The summed E-state index contributed by atoms with van der Waals surface area (Å²) in [4.78, 5) is 49.6. The molecule has 0 aliphatic carbocycles. The number of rotatable bonds is 6. The van der Waals surface area contributed by atoms with E-state index in [9.17, 15) is 24.5 Å². The van der Waals surface area contributed by atoms with Crippen molar-refractivity contribution in [3.05, 3.63) is 103 Å². The van der Waals surface area contributed by atoms with Gasteiger partial charge in [0.1, 0.15) is 17.9 Å². The van der Waals surface area contributed by atoms with E-state index < -0.39 is 22.8 Å². The number of nitrogens with one attached hydrogen (secondary N) is 1. The van der Waals surface area contributed by atoms with Crippen LogP contribution in [-0.4, -0.2) is 22.8 Å². The van der Waals surface area contributed by atoms with Crippen LogP contribution in [0.15, 0.2) is 66.2 Å². The smallest absolute Gasteiger partial charge is 0.335 e. The van der Waals surface area contributed by atoms with E-state index in [1.807, 2.05) is 0 Å². The van der Waals surface area contributed by atoms with E-state index in [1.54, 1.807) is 43.3 Å². The van der Waals surface area contributed by atoms with E-state index in [1.165, 1.54) is 30.3 Å². The number of halogens is 2. The Kier molecular flexibility index (Phi) is 7.05. The summed E-state index contributed by atoms with van der Waals surface area (Å²) < 4.78 is 5.84. The first-order chi connectivity index (χ1) is 17.1. The first-order valence-electron chi connectivity index (χ1n) is 10.5. The summed E-state index contributed by atoms with van der Waals surface area (Å²) in [6.07, 6.45) is 1.29. The molecule has 9 nitrogen and oxygen atoms in total. The Morgan fingerprint density at radius 1 is 1.00 bits per heavy atom. The van der Waals surface area contributed by atoms with Crippen LogP contribution in [0.25, 0.3) is 6.08 Å². The molecule has 0 radical (unpaired) electrons. The Balaban J connectivity index is 1.66. The molecule has 1 N–H and O–H groups in total. The van der Waals surface area contributed by atoms with Crippen LogP contribution in [0.4, 0.5) is 16.2 Å². The van der Waals surface area contributed by atoms with Gasteiger partial charge in [-0.15, -0.1) is 0 Å². The fourth-order valence-corrected chi connectivity index (χ4v) is 3.84. The Morgan fingerprint density at radius 3 is 2.36 bits per heavy atom. The van der Waals surface area contributed by atoms with Gasteiger partial charge in [0.2, 0.25) is 0 Å². The molecule has 0 unspecified atom stereocenters. The van der Waals surface area contributed by atoms with E-state index in [-0.39, 0.29) is 23.6 Å². The number of hydrogen-bond acceptors (Lipinski definition) is 6. The number of urea groups is 1. The standard InChI is InChI=1S/C25H17Cl2N3O6/c1-14-2-5-18(27)12-21(14)29-24(32)20(23(31)28-25(29)33)11-16-10-17(26)6-9-22(16)36-13-15-3-7-19(8-4-15)30(34)35/h2-12H,13H2,1H3,(H,28,31,33)/b20-11+. The molecule has 0 spiro atoms. The number of nitro groups is 1. The molecule has 1 fully saturated rings. The molecule has 3 aromatic carbocycles. The number of barbiturate groups is 1. The van der Waals surface area contributed by atoms with Crippen molar-refractivity contribution in [1.82, 2.24) is 5.32 Å². The molecule has 0 saturated carbocycles. The van der Waals surface area contributed by atoms with Gasteiger partial charge in [0, 0.05) is 27.7 Å². The predicted molar refractivity (Wildman–Crippen MR) is 134 cm³/mol. The van der Waals surface area contributed by atoms with Gasteiger partial charge >= 0.3 is 6.03 Å². The highest BCUT2D eigenvalue weighted by Gasteiger charge is 2.37. The van der Waals surface area contributed by atoms with E-state index in [4.69, 9.17) is 27.9 Å². The van der Waals surface area contributed by atoms with Crippen LogP contribution >= 0.6 is 23.2 Å². The topological polar surface area (TPSA) is 119 Å². The zero-order valence-corrected chi connectivity index (χ0v) is 20.2. The number of benzene rings is 3. The molecule has 4 rings (SSSR count). The van der Waals surface area contributed by atoms with Crippen molar-refractivity contribution in [2.24, 2.45) is 0 Å². The summed E-state index contributed by atoms with van der Waals surface area (Å²) in [5, 5.41) is 13.7. The third-order valence-corrected chi connectivity index (χ3v) is 5.80. The average Bonchev–Trinajstić information content (AvgIpc) is 2.83. The maximum Gasteiger partial charge on any atom is 0.335 e. The number of ether oxygens (including phenoxy) is 1. The van der Waals surface area contributed by atoms with Crippen LogP contribution in [0.3, 0.4) is 0 Å². The largest absolute Gasteiger partial charge is 0.488 e. The highest BCUT2D eigenvalue weighted by atomic mass is 35.5. The molecule has 182 valence electrons. The van der Waals surface area contributed by atoms with E-state index in [0.29, 0.717) is 32.5 Å². The number of nitrogens with zero attached hydrogens (tertiary/aromatic N) is 2. The second kappa shape index (κ2) is 10.2. The fourth-order valence-electron chi connectivity index (χ4n) is 3.49. The maximum atomic E-state index is 13.3. The van der Waals surface area contributed by atoms with Crippen molar-refractivity contribution in [3.8, 4) is 5.75 Å². The van der Waals surface area contributed by atoms with Crippen LogP contribution in [0.1, 0.15) is 16.7 Å². The minimum Gasteiger partial charge on any atom is -0.488 e.